The Bertz CT molecular complexity index is 202. The highest BCUT2D eigenvalue weighted by atomic mass is 16.1. The molecule has 2 rings (SSSR count). The van der Waals surface area contributed by atoms with E-state index in [4.69, 9.17) is 0 Å². The zero-order chi connectivity index (χ0) is 9.47. The van der Waals surface area contributed by atoms with Crippen LogP contribution in [0.4, 0.5) is 0 Å². The van der Waals surface area contributed by atoms with Gasteiger partial charge in [-0.1, -0.05) is 0 Å². The number of nitrogens with zero attached hydrogens (tertiary/aromatic N) is 1. The molecule has 2 heterocycles. The fourth-order valence-electron chi connectivity index (χ4n) is 3.01. The summed E-state index contributed by atoms with van der Waals surface area (Å²) < 4.78 is 1.10. The molecule has 2 fully saturated rings. The Kier molecular flexibility index (Phi) is 2.18. The number of rotatable bonds is 0. The van der Waals surface area contributed by atoms with Gasteiger partial charge >= 0.3 is 0 Å². The highest BCUT2D eigenvalue weighted by Crippen LogP contribution is 2.34. The molecule has 0 aromatic rings. The number of ketones is 1. The van der Waals surface area contributed by atoms with Gasteiger partial charge in [0.05, 0.1) is 39.0 Å². The number of Topliss-reactive ketones (excluding diaryl/α,β-unsaturated/α-hetero) is 1. The topological polar surface area (TPSA) is 17.1 Å². The molecule has 0 amide bonds. The Morgan fingerprint density at radius 3 is 2.00 bits per heavy atom. The van der Waals surface area contributed by atoms with Crippen LogP contribution in [0.25, 0.3) is 0 Å². The van der Waals surface area contributed by atoms with Gasteiger partial charge in [-0.15, -0.1) is 0 Å². The molecule has 2 heteroatoms. The fraction of sp³-hybridized carbons (Fsp3) is 0.909. The number of hydrogen-bond donors (Lipinski definition) is 0. The summed E-state index contributed by atoms with van der Waals surface area (Å²) in [6, 6.07) is 1.24. The standard InChI is InChI=1S/C11H20NO/c1-12(2)9-5-3-4-6-10(12)8-11(13)7-9/h9-10H,3-8H2,1-2H3/q+1/t9-,10+. The van der Waals surface area contributed by atoms with Crippen LogP contribution in [0.5, 0.6) is 0 Å². The molecule has 2 saturated heterocycles. The van der Waals surface area contributed by atoms with Gasteiger partial charge < -0.3 is 4.48 Å². The first-order valence-corrected chi connectivity index (χ1v) is 5.46. The molecule has 74 valence electrons. The van der Waals surface area contributed by atoms with Crippen LogP contribution in [0.15, 0.2) is 0 Å². The van der Waals surface area contributed by atoms with E-state index in [1.54, 1.807) is 0 Å². The molecule has 0 radical (unpaired) electrons. The average molecular weight is 182 g/mol. The van der Waals surface area contributed by atoms with Crippen LogP contribution in [0.1, 0.15) is 38.5 Å². The van der Waals surface area contributed by atoms with Crippen molar-refractivity contribution in [2.24, 2.45) is 0 Å². The lowest BCUT2D eigenvalue weighted by Crippen LogP contribution is -2.59. The smallest absolute Gasteiger partial charge is 0.144 e. The first-order valence-electron chi connectivity index (χ1n) is 5.46. The first-order chi connectivity index (χ1) is 6.10. The third-order valence-electron chi connectivity index (χ3n) is 4.13. The lowest BCUT2D eigenvalue weighted by atomic mass is 9.91. The van der Waals surface area contributed by atoms with E-state index < -0.39 is 0 Å². The summed E-state index contributed by atoms with van der Waals surface area (Å²) in [6.45, 7) is 0. The van der Waals surface area contributed by atoms with Crippen molar-refractivity contribution in [1.82, 2.24) is 0 Å². The zero-order valence-electron chi connectivity index (χ0n) is 8.75. The molecule has 2 atom stereocenters. The van der Waals surface area contributed by atoms with E-state index in [-0.39, 0.29) is 0 Å². The number of carbonyl (C=O) groups is 1. The molecule has 0 spiro atoms. The Morgan fingerprint density at radius 1 is 1.08 bits per heavy atom. The minimum absolute atomic E-state index is 0.509. The van der Waals surface area contributed by atoms with E-state index >= 15 is 0 Å². The van der Waals surface area contributed by atoms with Gasteiger partial charge in [0.15, 0.2) is 0 Å². The quantitative estimate of drug-likeness (QED) is 0.521. The van der Waals surface area contributed by atoms with E-state index in [0.29, 0.717) is 17.9 Å². The van der Waals surface area contributed by atoms with Crippen LogP contribution >= 0.6 is 0 Å². The van der Waals surface area contributed by atoms with Crippen molar-refractivity contribution in [3.05, 3.63) is 0 Å². The maximum absolute atomic E-state index is 11.5. The molecule has 0 aromatic heterocycles. The van der Waals surface area contributed by atoms with Crippen molar-refractivity contribution in [2.45, 2.75) is 50.6 Å². The third kappa shape index (κ3) is 1.52. The van der Waals surface area contributed by atoms with Gasteiger partial charge in [-0.25, -0.2) is 0 Å². The maximum atomic E-state index is 11.5. The average Bonchev–Trinajstić information content (AvgIpc) is 2.18. The molecule has 2 bridgehead atoms. The first kappa shape index (κ1) is 9.20. The summed E-state index contributed by atoms with van der Waals surface area (Å²) in [5, 5.41) is 0. The molecule has 0 aromatic carbocycles. The van der Waals surface area contributed by atoms with Crippen LogP contribution < -0.4 is 0 Å². The summed E-state index contributed by atoms with van der Waals surface area (Å²) in [7, 11) is 4.63. The molecule has 2 nitrogen and oxygen atoms in total. The Labute approximate surface area is 80.5 Å². The van der Waals surface area contributed by atoms with Crippen LogP contribution in [0.2, 0.25) is 0 Å². The highest BCUT2D eigenvalue weighted by molar-refractivity contribution is 5.80. The molecular weight excluding hydrogens is 162 g/mol. The van der Waals surface area contributed by atoms with Crippen molar-refractivity contribution in [1.29, 1.82) is 0 Å². The SMILES string of the molecule is C[N+]1(C)[C@@H]2CCCC[C@H]1CC(=O)C2. The predicted octanol–water partition coefficient (Wildman–Crippen LogP) is 1.74. The van der Waals surface area contributed by atoms with Gasteiger partial charge in [0, 0.05) is 0 Å². The number of hydrogen-bond acceptors (Lipinski definition) is 1. The van der Waals surface area contributed by atoms with Crippen molar-refractivity contribution in [2.75, 3.05) is 14.1 Å². The second kappa shape index (κ2) is 3.09. The maximum Gasteiger partial charge on any atom is 0.144 e. The molecule has 13 heavy (non-hydrogen) atoms. The minimum atomic E-state index is 0.509. The summed E-state index contributed by atoms with van der Waals surface area (Å²) in [5.74, 6) is 0.509. The van der Waals surface area contributed by atoms with Crippen molar-refractivity contribution < 1.29 is 9.28 Å². The van der Waals surface area contributed by atoms with Crippen LogP contribution in [-0.4, -0.2) is 36.4 Å². The normalized spacial score (nSPS) is 38.5. The molecule has 0 saturated carbocycles. The van der Waals surface area contributed by atoms with Crippen molar-refractivity contribution in [3.8, 4) is 0 Å². The summed E-state index contributed by atoms with van der Waals surface area (Å²) in [4.78, 5) is 11.5. The Morgan fingerprint density at radius 2 is 1.54 bits per heavy atom. The Hall–Kier alpha value is -0.370. The second-order valence-corrected chi connectivity index (χ2v) is 5.17. The van der Waals surface area contributed by atoms with Gasteiger partial charge in [0.1, 0.15) is 5.78 Å². The summed E-state index contributed by atoms with van der Waals surface area (Å²) in [6.07, 6.45) is 6.85. The lowest BCUT2D eigenvalue weighted by Gasteiger charge is -2.45. The molecule has 0 unspecified atom stereocenters. The molecule has 0 N–H and O–H groups in total. The highest BCUT2D eigenvalue weighted by Gasteiger charge is 2.43. The molecule has 2 aliphatic heterocycles. The van der Waals surface area contributed by atoms with Crippen LogP contribution in [-0.2, 0) is 4.79 Å². The van der Waals surface area contributed by atoms with Gasteiger partial charge in [0.25, 0.3) is 0 Å². The minimum Gasteiger partial charge on any atom is -0.323 e. The van der Waals surface area contributed by atoms with Crippen molar-refractivity contribution >= 4 is 5.78 Å². The number of quaternary nitrogens is 1. The van der Waals surface area contributed by atoms with Crippen LogP contribution in [0, 0.1) is 0 Å². The predicted molar refractivity (Wildman–Crippen MR) is 52.4 cm³/mol. The van der Waals surface area contributed by atoms with E-state index in [1.165, 1.54) is 25.7 Å². The summed E-state index contributed by atoms with van der Waals surface area (Å²) >= 11 is 0. The van der Waals surface area contributed by atoms with Gasteiger partial charge in [-0.05, 0) is 25.7 Å². The monoisotopic (exact) mass is 182 g/mol. The van der Waals surface area contributed by atoms with E-state index in [2.05, 4.69) is 14.1 Å². The van der Waals surface area contributed by atoms with Gasteiger partial charge in [-0.3, -0.25) is 4.79 Å². The van der Waals surface area contributed by atoms with Crippen LogP contribution in [0.3, 0.4) is 0 Å². The Balaban J connectivity index is 2.24. The van der Waals surface area contributed by atoms with E-state index in [9.17, 15) is 4.79 Å². The third-order valence-corrected chi connectivity index (χ3v) is 4.13. The fourth-order valence-corrected chi connectivity index (χ4v) is 3.01. The van der Waals surface area contributed by atoms with E-state index in [0.717, 1.165) is 17.3 Å². The number of carbonyl (C=O) groups excluding carboxylic acids is 1. The number of fused-ring (bicyclic) bond motifs is 2. The summed E-state index contributed by atoms with van der Waals surface area (Å²) in [5.41, 5.74) is 0. The zero-order valence-corrected chi connectivity index (χ0v) is 8.75. The molecule has 0 aliphatic carbocycles. The number of piperidine rings is 1. The van der Waals surface area contributed by atoms with Crippen molar-refractivity contribution in [3.63, 3.8) is 0 Å². The largest absolute Gasteiger partial charge is 0.323 e. The molecular formula is C11H20NO+. The second-order valence-electron chi connectivity index (χ2n) is 5.17. The van der Waals surface area contributed by atoms with Gasteiger partial charge in [0.2, 0.25) is 0 Å². The molecule has 2 aliphatic rings. The van der Waals surface area contributed by atoms with E-state index in [1.807, 2.05) is 0 Å². The van der Waals surface area contributed by atoms with Gasteiger partial charge in [-0.2, -0.15) is 0 Å². The lowest BCUT2D eigenvalue weighted by molar-refractivity contribution is -0.939.